The maximum Gasteiger partial charge on any atom is 0.251 e. The lowest BCUT2D eigenvalue weighted by atomic mass is 9.71. The van der Waals surface area contributed by atoms with Gasteiger partial charge in [-0.3, -0.25) is 9.69 Å². The number of ketones is 1. The van der Waals surface area contributed by atoms with Gasteiger partial charge in [0.05, 0.1) is 13.2 Å². The van der Waals surface area contributed by atoms with Crippen LogP contribution >= 0.6 is 0 Å². The van der Waals surface area contributed by atoms with Crippen LogP contribution in [0, 0.1) is 11.3 Å². The summed E-state index contributed by atoms with van der Waals surface area (Å²) in [6.45, 7) is 4.23. The fourth-order valence-electron chi connectivity index (χ4n) is 2.62. The summed E-state index contributed by atoms with van der Waals surface area (Å²) in [5.74, 6) is 0.00517. The van der Waals surface area contributed by atoms with E-state index in [4.69, 9.17) is 5.11 Å². The molecule has 0 spiro atoms. The quantitative estimate of drug-likeness (QED) is 0.796. The highest BCUT2D eigenvalue weighted by atomic mass is 19.3. The largest absolute Gasteiger partial charge is 0.395 e. The van der Waals surface area contributed by atoms with Crippen molar-refractivity contribution in [1.82, 2.24) is 4.90 Å². The van der Waals surface area contributed by atoms with Gasteiger partial charge in [-0.2, -0.15) is 0 Å². The fraction of sp³-hybridized carbons (Fsp3) is 0.923. The van der Waals surface area contributed by atoms with Gasteiger partial charge in [0, 0.05) is 25.4 Å². The number of hydrogen-bond acceptors (Lipinski definition) is 3. The molecule has 1 N–H and O–H groups in total. The molecule has 0 aromatic rings. The molecule has 0 aromatic carbocycles. The zero-order valence-corrected chi connectivity index (χ0v) is 11.2. The molecule has 1 atom stereocenters. The average molecular weight is 263 g/mol. The van der Waals surface area contributed by atoms with Crippen molar-refractivity contribution >= 4 is 5.78 Å². The molecular weight excluding hydrogens is 240 g/mol. The van der Waals surface area contributed by atoms with Crippen LogP contribution in [0.4, 0.5) is 8.78 Å². The number of aliphatic hydroxyl groups excluding tert-OH is 1. The predicted molar refractivity (Wildman–Crippen MR) is 65.7 cm³/mol. The minimum atomic E-state index is -2.43. The van der Waals surface area contributed by atoms with Gasteiger partial charge in [0.15, 0.2) is 0 Å². The Balaban J connectivity index is 2.57. The summed E-state index contributed by atoms with van der Waals surface area (Å²) in [6.07, 6.45) is -0.267. The Hall–Kier alpha value is -0.550. The maximum absolute atomic E-state index is 12.4. The second-order valence-corrected chi connectivity index (χ2v) is 5.91. The minimum Gasteiger partial charge on any atom is -0.395 e. The predicted octanol–water partition coefficient (Wildman–Crippen LogP) is 1.94. The minimum absolute atomic E-state index is 0.105. The lowest BCUT2D eigenvalue weighted by Gasteiger charge is -2.36. The highest BCUT2D eigenvalue weighted by Crippen LogP contribution is 2.37. The summed E-state index contributed by atoms with van der Waals surface area (Å²) in [6, 6.07) is 0. The number of carbonyl (C=O) groups excluding carboxylic acids is 1. The van der Waals surface area contributed by atoms with Crippen molar-refractivity contribution in [3.05, 3.63) is 0 Å². The van der Waals surface area contributed by atoms with Crippen LogP contribution in [-0.4, -0.2) is 48.5 Å². The van der Waals surface area contributed by atoms with Crippen molar-refractivity contribution in [2.24, 2.45) is 11.3 Å². The van der Waals surface area contributed by atoms with Crippen molar-refractivity contribution < 1.29 is 18.7 Å². The van der Waals surface area contributed by atoms with Crippen molar-refractivity contribution in [2.45, 2.75) is 39.5 Å². The Kier molecular flexibility index (Phi) is 5.66. The van der Waals surface area contributed by atoms with Gasteiger partial charge >= 0.3 is 0 Å². The van der Waals surface area contributed by atoms with E-state index in [-0.39, 0.29) is 36.8 Å². The highest BCUT2D eigenvalue weighted by molar-refractivity contribution is 5.82. The third-order valence-corrected chi connectivity index (χ3v) is 3.59. The molecule has 0 bridgehead atoms. The molecule has 1 rings (SSSR count). The number of carbonyl (C=O) groups is 1. The lowest BCUT2D eigenvalue weighted by Crippen LogP contribution is -2.41. The molecule has 0 aromatic heterocycles. The molecular formula is C13H23F2NO2. The van der Waals surface area contributed by atoms with Gasteiger partial charge in [-0.25, -0.2) is 8.78 Å². The number of alkyl halides is 2. The molecule has 18 heavy (non-hydrogen) atoms. The van der Waals surface area contributed by atoms with Crippen LogP contribution in [-0.2, 0) is 4.79 Å². The third kappa shape index (κ3) is 4.98. The Morgan fingerprint density at radius 3 is 2.72 bits per heavy atom. The first-order valence-electron chi connectivity index (χ1n) is 6.48. The zero-order chi connectivity index (χ0) is 13.8. The highest BCUT2D eigenvalue weighted by Gasteiger charge is 2.34. The molecule has 1 fully saturated rings. The van der Waals surface area contributed by atoms with E-state index < -0.39 is 6.43 Å². The Morgan fingerprint density at radius 2 is 2.17 bits per heavy atom. The van der Waals surface area contributed by atoms with Crippen molar-refractivity contribution in [3.63, 3.8) is 0 Å². The first-order valence-corrected chi connectivity index (χ1v) is 6.48. The van der Waals surface area contributed by atoms with Crippen molar-refractivity contribution in [1.29, 1.82) is 0 Å². The number of rotatable bonds is 6. The summed E-state index contributed by atoms with van der Waals surface area (Å²) in [4.78, 5) is 13.3. The van der Waals surface area contributed by atoms with Gasteiger partial charge in [0.25, 0.3) is 6.43 Å². The summed E-state index contributed by atoms with van der Waals surface area (Å²) in [5.41, 5.74) is 0.105. The summed E-state index contributed by atoms with van der Waals surface area (Å²) >= 11 is 0. The fourth-order valence-corrected chi connectivity index (χ4v) is 2.62. The van der Waals surface area contributed by atoms with Crippen LogP contribution in [0.25, 0.3) is 0 Å². The molecule has 0 saturated heterocycles. The zero-order valence-electron chi connectivity index (χ0n) is 11.2. The Labute approximate surface area is 107 Å². The summed E-state index contributed by atoms with van der Waals surface area (Å²) in [7, 11) is 0. The molecule has 1 saturated carbocycles. The van der Waals surface area contributed by atoms with E-state index in [0.29, 0.717) is 13.0 Å². The summed E-state index contributed by atoms with van der Waals surface area (Å²) in [5, 5.41) is 8.88. The molecule has 3 nitrogen and oxygen atoms in total. The van der Waals surface area contributed by atoms with E-state index in [9.17, 15) is 13.6 Å². The van der Waals surface area contributed by atoms with E-state index >= 15 is 0 Å². The van der Waals surface area contributed by atoms with Crippen molar-refractivity contribution in [2.75, 3.05) is 26.2 Å². The van der Waals surface area contributed by atoms with Crippen LogP contribution < -0.4 is 0 Å². The van der Waals surface area contributed by atoms with Crippen LogP contribution in [0.15, 0.2) is 0 Å². The molecule has 0 radical (unpaired) electrons. The Bertz CT molecular complexity index is 282. The molecule has 1 unspecified atom stereocenters. The van der Waals surface area contributed by atoms with E-state index in [1.807, 2.05) is 0 Å². The second-order valence-electron chi connectivity index (χ2n) is 5.91. The normalized spacial score (nSPS) is 23.9. The SMILES string of the molecule is CC1(C)CCC(=O)C(CN(CCO)CC(F)F)C1. The van der Waals surface area contributed by atoms with Gasteiger partial charge in [0.1, 0.15) is 5.78 Å². The molecule has 5 heteroatoms. The molecule has 0 amide bonds. The van der Waals surface area contributed by atoms with Crippen LogP contribution in [0.2, 0.25) is 0 Å². The monoisotopic (exact) mass is 263 g/mol. The van der Waals surface area contributed by atoms with Crippen LogP contribution in [0.1, 0.15) is 33.1 Å². The van der Waals surface area contributed by atoms with Crippen molar-refractivity contribution in [3.8, 4) is 0 Å². The lowest BCUT2D eigenvalue weighted by molar-refractivity contribution is -0.128. The molecule has 0 aliphatic heterocycles. The standard InChI is InChI=1S/C13H23F2NO2/c1-13(2)4-3-11(18)10(7-13)8-16(5-6-17)9-12(14)15/h10,12,17H,3-9H2,1-2H3. The van der Waals surface area contributed by atoms with Gasteiger partial charge < -0.3 is 5.11 Å². The smallest absolute Gasteiger partial charge is 0.251 e. The number of hydrogen-bond donors (Lipinski definition) is 1. The van der Waals surface area contributed by atoms with Crippen LogP contribution in [0.3, 0.4) is 0 Å². The molecule has 1 aliphatic carbocycles. The van der Waals surface area contributed by atoms with Crippen LogP contribution in [0.5, 0.6) is 0 Å². The van der Waals surface area contributed by atoms with E-state index in [1.54, 1.807) is 0 Å². The first-order chi connectivity index (χ1) is 8.34. The van der Waals surface area contributed by atoms with Gasteiger partial charge in [0.2, 0.25) is 0 Å². The topological polar surface area (TPSA) is 40.5 Å². The van der Waals surface area contributed by atoms with Gasteiger partial charge in [-0.1, -0.05) is 13.8 Å². The number of halogens is 2. The first kappa shape index (κ1) is 15.5. The Morgan fingerprint density at radius 1 is 1.50 bits per heavy atom. The van der Waals surface area contributed by atoms with E-state index in [2.05, 4.69) is 13.8 Å². The number of nitrogens with zero attached hydrogens (tertiary/aromatic N) is 1. The molecule has 1 aliphatic rings. The van der Waals surface area contributed by atoms with Gasteiger partial charge in [-0.05, 0) is 18.3 Å². The number of Topliss-reactive ketones (excluding diaryl/α,β-unsaturated/α-hetero) is 1. The third-order valence-electron chi connectivity index (χ3n) is 3.59. The maximum atomic E-state index is 12.4. The summed E-state index contributed by atoms with van der Waals surface area (Å²) < 4.78 is 24.8. The average Bonchev–Trinajstić information content (AvgIpc) is 2.22. The van der Waals surface area contributed by atoms with E-state index in [0.717, 1.165) is 12.8 Å². The molecule has 106 valence electrons. The second kappa shape index (κ2) is 6.57. The van der Waals surface area contributed by atoms with E-state index in [1.165, 1.54) is 4.90 Å². The van der Waals surface area contributed by atoms with Gasteiger partial charge in [-0.15, -0.1) is 0 Å². The molecule has 0 heterocycles. The number of aliphatic hydroxyl groups is 1.